The molecule has 0 aliphatic heterocycles. The number of hydrogen-bond donors (Lipinski definition) is 3. The number of aliphatic hydroxyl groups excluding tert-OH is 1. The number of Topliss-reactive ketones (excluding diaryl/α,β-unsaturated/α-hetero) is 1. The van der Waals surface area contributed by atoms with Gasteiger partial charge in [0, 0.05) is 19.7 Å². The molecule has 0 saturated heterocycles. The number of alkyl halides is 1. The lowest BCUT2D eigenvalue weighted by Gasteiger charge is -2.45. The summed E-state index contributed by atoms with van der Waals surface area (Å²) in [4.78, 5) is 37.8. The Kier molecular flexibility index (Phi) is 6.98. The third-order valence-corrected chi connectivity index (χ3v) is 6.31. The van der Waals surface area contributed by atoms with E-state index < -0.39 is 41.1 Å². The molecule has 3 N–H and O–H groups in total. The average Bonchev–Trinajstić information content (AvgIpc) is 3.31. The van der Waals surface area contributed by atoms with E-state index in [4.69, 9.17) is 4.74 Å². The summed E-state index contributed by atoms with van der Waals surface area (Å²) in [5.41, 5.74) is -2.61. The van der Waals surface area contributed by atoms with E-state index in [1.807, 2.05) is 0 Å². The molecule has 9 nitrogen and oxygen atoms in total. The fourth-order valence-corrected chi connectivity index (χ4v) is 4.40. The van der Waals surface area contributed by atoms with Crippen molar-refractivity contribution < 1.29 is 28.6 Å². The van der Waals surface area contributed by atoms with Crippen LogP contribution in [-0.2, 0) is 16.6 Å². The number of carbonyl (C=O) groups excluding carboxylic acids is 3. The maximum Gasteiger partial charge on any atom is 0.407 e. The highest BCUT2D eigenvalue weighted by Crippen LogP contribution is 2.39. The number of nitrogens with zero attached hydrogens (tertiary/aromatic N) is 2. The molecule has 2 unspecified atom stereocenters. The van der Waals surface area contributed by atoms with E-state index in [0.29, 0.717) is 25.7 Å². The van der Waals surface area contributed by atoms with Gasteiger partial charge in [0.2, 0.25) is 11.7 Å². The highest BCUT2D eigenvalue weighted by Gasteiger charge is 2.50. The molecule has 0 bridgehead atoms. The Labute approximate surface area is 180 Å². The van der Waals surface area contributed by atoms with Crippen molar-refractivity contribution in [3.05, 3.63) is 18.0 Å². The molecule has 2 saturated carbocycles. The summed E-state index contributed by atoms with van der Waals surface area (Å²) in [7, 11) is 1.66. The maximum absolute atomic E-state index is 15.1. The van der Waals surface area contributed by atoms with Gasteiger partial charge in [-0.25, -0.2) is 9.18 Å². The fraction of sp³-hybridized carbons (Fsp3) is 0.714. The molecule has 1 aromatic heterocycles. The van der Waals surface area contributed by atoms with Crippen LogP contribution in [0.2, 0.25) is 0 Å². The van der Waals surface area contributed by atoms with Crippen LogP contribution < -0.4 is 10.6 Å². The molecule has 2 aliphatic rings. The van der Waals surface area contributed by atoms with Gasteiger partial charge in [-0.1, -0.05) is 12.8 Å². The molecule has 0 aromatic carbocycles. The van der Waals surface area contributed by atoms with Crippen LogP contribution in [0, 0.1) is 0 Å². The summed E-state index contributed by atoms with van der Waals surface area (Å²) < 4.78 is 21.4. The topological polar surface area (TPSA) is 123 Å². The first-order valence-corrected chi connectivity index (χ1v) is 10.8. The third kappa shape index (κ3) is 5.23. The number of halogens is 1. The minimum Gasteiger partial charge on any atom is -0.450 e. The van der Waals surface area contributed by atoms with Crippen molar-refractivity contribution >= 4 is 17.8 Å². The Balaban J connectivity index is 1.74. The van der Waals surface area contributed by atoms with Gasteiger partial charge in [-0.15, -0.1) is 0 Å². The lowest BCUT2D eigenvalue weighted by molar-refractivity contribution is -0.129. The molecule has 1 heterocycles. The summed E-state index contributed by atoms with van der Waals surface area (Å²) in [5.74, 6) is -1.22. The normalized spacial score (nSPS) is 20.9. The Bertz CT molecular complexity index is 816. The highest BCUT2D eigenvalue weighted by atomic mass is 19.1. The SMILES string of the molecule is CCOC(=O)NC(CC1(F)CCCC1)C(=O)NC1(C(O)C(=O)c2ccn(C)n2)CCC1. The molecule has 10 heteroatoms. The van der Waals surface area contributed by atoms with E-state index in [1.165, 1.54) is 10.7 Å². The number of amides is 2. The Morgan fingerprint density at radius 2 is 1.94 bits per heavy atom. The van der Waals surface area contributed by atoms with Crippen molar-refractivity contribution in [1.82, 2.24) is 20.4 Å². The van der Waals surface area contributed by atoms with Crippen LogP contribution in [0.4, 0.5) is 9.18 Å². The van der Waals surface area contributed by atoms with Crippen molar-refractivity contribution in [2.45, 2.75) is 81.6 Å². The van der Waals surface area contributed by atoms with Gasteiger partial charge in [-0.2, -0.15) is 5.10 Å². The number of aryl methyl sites for hydroxylation is 1. The first-order chi connectivity index (χ1) is 14.7. The molecular weight excluding hydrogens is 407 g/mol. The standard InChI is InChI=1S/C21H31FN4O5/c1-3-31-19(30)23-15(13-20(22)8-4-5-9-20)18(29)24-21(10-6-11-21)17(28)16(27)14-7-12-26(2)25-14/h7,12,15,17,28H,3-6,8-11,13H2,1-2H3,(H,23,30)(H,24,29). The monoisotopic (exact) mass is 438 g/mol. The first kappa shape index (κ1) is 23.2. The van der Waals surface area contributed by atoms with Crippen molar-refractivity contribution in [2.75, 3.05) is 6.61 Å². The summed E-state index contributed by atoms with van der Waals surface area (Å²) in [6, 6.07) is 0.328. The van der Waals surface area contributed by atoms with Crippen LogP contribution in [0.15, 0.2) is 12.3 Å². The van der Waals surface area contributed by atoms with Gasteiger partial charge < -0.3 is 20.5 Å². The van der Waals surface area contributed by atoms with Crippen molar-refractivity contribution in [2.24, 2.45) is 7.05 Å². The number of alkyl carbamates (subject to hydrolysis) is 1. The van der Waals surface area contributed by atoms with E-state index in [2.05, 4.69) is 15.7 Å². The fourth-order valence-electron chi connectivity index (χ4n) is 4.40. The summed E-state index contributed by atoms with van der Waals surface area (Å²) in [6.07, 6.45) is 2.72. The van der Waals surface area contributed by atoms with Crippen LogP contribution >= 0.6 is 0 Å². The first-order valence-electron chi connectivity index (χ1n) is 10.8. The molecule has 0 spiro atoms. The highest BCUT2D eigenvalue weighted by molar-refractivity contribution is 5.99. The zero-order valence-electron chi connectivity index (χ0n) is 18.0. The number of ether oxygens (including phenoxy) is 1. The van der Waals surface area contributed by atoms with Crippen LogP contribution in [0.5, 0.6) is 0 Å². The number of ketones is 1. The van der Waals surface area contributed by atoms with Crippen molar-refractivity contribution in [3.8, 4) is 0 Å². The molecule has 2 amide bonds. The number of rotatable bonds is 9. The van der Waals surface area contributed by atoms with Gasteiger partial charge >= 0.3 is 6.09 Å². The van der Waals surface area contributed by atoms with Gasteiger partial charge in [0.1, 0.15) is 23.5 Å². The Morgan fingerprint density at radius 1 is 1.26 bits per heavy atom. The van der Waals surface area contributed by atoms with Gasteiger partial charge in [0.25, 0.3) is 0 Å². The number of carbonyl (C=O) groups is 3. The molecule has 1 aromatic rings. The summed E-state index contributed by atoms with van der Waals surface area (Å²) in [6.45, 7) is 1.74. The minimum atomic E-state index is -1.54. The second kappa shape index (κ2) is 9.33. The molecule has 0 radical (unpaired) electrons. The molecule has 3 rings (SSSR count). The number of nitrogens with one attached hydrogen (secondary N) is 2. The van der Waals surface area contributed by atoms with Gasteiger partial charge in [0.05, 0.1) is 12.1 Å². The number of aliphatic hydroxyl groups is 1. The molecule has 2 aliphatic carbocycles. The van der Waals surface area contributed by atoms with Gasteiger partial charge in [-0.3, -0.25) is 14.3 Å². The van der Waals surface area contributed by atoms with Crippen molar-refractivity contribution in [1.29, 1.82) is 0 Å². The van der Waals surface area contributed by atoms with Crippen LogP contribution in [0.25, 0.3) is 0 Å². The predicted molar refractivity (Wildman–Crippen MR) is 109 cm³/mol. The van der Waals surface area contributed by atoms with Gasteiger partial charge in [0.15, 0.2) is 0 Å². The number of hydrogen-bond acceptors (Lipinski definition) is 6. The van der Waals surface area contributed by atoms with Gasteiger partial charge in [-0.05, 0) is 45.1 Å². The zero-order valence-corrected chi connectivity index (χ0v) is 18.0. The lowest BCUT2D eigenvalue weighted by atomic mass is 9.71. The van der Waals surface area contributed by atoms with E-state index in [0.717, 1.165) is 19.3 Å². The largest absolute Gasteiger partial charge is 0.450 e. The molecule has 2 atom stereocenters. The molecule has 172 valence electrons. The Morgan fingerprint density at radius 3 is 2.45 bits per heavy atom. The lowest BCUT2D eigenvalue weighted by Crippen LogP contribution is -2.66. The van der Waals surface area contributed by atoms with E-state index in [1.54, 1.807) is 20.2 Å². The number of aromatic nitrogens is 2. The van der Waals surface area contributed by atoms with E-state index in [-0.39, 0.29) is 18.7 Å². The molecule has 2 fully saturated rings. The van der Waals surface area contributed by atoms with E-state index in [9.17, 15) is 19.5 Å². The Hall–Kier alpha value is -2.49. The van der Waals surface area contributed by atoms with Crippen LogP contribution in [0.1, 0.15) is 68.8 Å². The molecular formula is C21H31FN4O5. The molecule has 31 heavy (non-hydrogen) atoms. The summed E-state index contributed by atoms with van der Waals surface area (Å²) >= 11 is 0. The minimum absolute atomic E-state index is 0.102. The average molecular weight is 439 g/mol. The predicted octanol–water partition coefficient (Wildman–Crippen LogP) is 1.79. The third-order valence-electron chi connectivity index (χ3n) is 6.31. The quantitative estimate of drug-likeness (QED) is 0.505. The second-order valence-electron chi connectivity index (χ2n) is 8.62. The summed E-state index contributed by atoms with van der Waals surface area (Å²) in [5, 5.41) is 20.0. The second-order valence-corrected chi connectivity index (χ2v) is 8.62. The zero-order chi connectivity index (χ0) is 22.6. The maximum atomic E-state index is 15.1. The van der Waals surface area contributed by atoms with Crippen LogP contribution in [0.3, 0.4) is 0 Å². The van der Waals surface area contributed by atoms with Crippen molar-refractivity contribution in [3.63, 3.8) is 0 Å². The van der Waals surface area contributed by atoms with E-state index >= 15 is 4.39 Å². The smallest absolute Gasteiger partial charge is 0.407 e. The van der Waals surface area contributed by atoms with Crippen LogP contribution in [-0.4, -0.2) is 62.6 Å².